The maximum atomic E-state index is 11.5. The molecule has 0 aliphatic rings. The van der Waals surface area contributed by atoms with E-state index in [1.54, 1.807) is 23.3 Å². The fraction of sp³-hybridized carbons (Fsp3) is 0.462. The third-order valence-electron chi connectivity index (χ3n) is 2.19. The Morgan fingerprint density at radius 1 is 1.61 bits per heavy atom. The first-order valence-corrected chi connectivity index (χ1v) is 6.71. The predicted molar refractivity (Wildman–Crippen MR) is 73.4 cm³/mol. The highest BCUT2D eigenvalue weighted by Crippen LogP contribution is 2.15. The van der Waals surface area contributed by atoms with Gasteiger partial charge in [0.25, 0.3) is 0 Å². The van der Waals surface area contributed by atoms with Crippen LogP contribution in [0.15, 0.2) is 11.4 Å². The van der Waals surface area contributed by atoms with Crippen molar-refractivity contribution in [2.75, 3.05) is 20.2 Å². The largest absolute Gasteiger partial charge is 0.395 e. The lowest BCUT2D eigenvalue weighted by atomic mass is 10.3. The smallest absolute Gasteiger partial charge is 0.317 e. The van der Waals surface area contributed by atoms with E-state index in [2.05, 4.69) is 17.2 Å². The summed E-state index contributed by atoms with van der Waals surface area (Å²) in [5.74, 6) is 5.85. The molecule has 0 spiro atoms. The third kappa shape index (κ3) is 4.78. The minimum atomic E-state index is -0.0705. The van der Waals surface area contributed by atoms with E-state index in [9.17, 15) is 4.79 Å². The van der Waals surface area contributed by atoms with Crippen LogP contribution in [0.1, 0.15) is 23.8 Å². The Morgan fingerprint density at radius 2 is 2.39 bits per heavy atom. The Balaban J connectivity index is 2.54. The highest BCUT2D eigenvalue weighted by Gasteiger charge is 2.08. The van der Waals surface area contributed by atoms with Crippen LogP contribution in [-0.4, -0.2) is 36.2 Å². The van der Waals surface area contributed by atoms with Gasteiger partial charge in [-0.3, -0.25) is 0 Å². The number of aliphatic hydroxyl groups is 1. The van der Waals surface area contributed by atoms with Gasteiger partial charge in [0.15, 0.2) is 0 Å². The van der Waals surface area contributed by atoms with Crippen molar-refractivity contribution in [2.45, 2.75) is 19.9 Å². The number of carbonyl (C=O) groups is 1. The molecule has 0 fully saturated rings. The van der Waals surface area contributed by atoms with Crippen LogP contribution in [0.2, 0.25) is 0 Å². The number of rotatable bonds is 4. The topological polar surface area (TPSA) is 52.6 Å². The van der Waals surface area contributed by atoms with Gasteiger partial charge in [-0.15, -0.1) is 11.3 Å². The standard InChI is InChI=1S/C13H18N2O2S/c1-3-14-13(17)15(2)9-12-8-11(10-18-12)6-4-5-7-16/h8,10,16H,3,5,7,9H2,1-2H3,(H,14,17). The van der Waals surface area contributed by atoms with Gasteiger partial charge in [-0.25, -0.2) is 4.79 Å². The van der Waals surface area contributed by atoms with E-state index >= 15 is 0 Å². The minimum Gasteiger partial charge on any atom is -0.395 e. The molecule has 0 aliphatic carbocycles. The predicted octanol–water partition coefficient (Wildman–Crippen LogP) is 1.64. The molecular weight excluding hydrogens is 248 g/mol. The van der Waals surface area contributed by atoms with Crippen molar-refractivity contribution in [3.8, 4) is 11.8 Å². The molecule has 1 aromatic rings. The second-order valence-corrected chi connectivity index (χ2v) is 4.76. The van der Waals surface area contributed by atoms with Crippen LogP contribution >= 0.6 is 11.3 Å². The van der Waals surface area contributed by atoms with Crippen molar-refractivity contribution < 1.29 is 9.90 Å². The van der Waals surface area contributed by atoms with Crippen molar-refractivity contribution in [2.24, 2.45) is 0 Å². The molecule has 0 radical (unpaired) electrons. The number of aliphatic hydroxyl groups excluding tert-OH is 1. The summed E-state index contributed by atoms with van der Waals surface area (Å²) in [4.78, 5) is 14.3. The van der Waals surface area contributed by atoms with Crippen LogP contribution in [0.3, 0.4) is 0 Å². The monoisotopic (exact) mass is 266 g/mol. The minimum absolute atomic E-state index is 0.0705. The Labute approximate surface area is 112 Å². The van der Waals surface area contributed by atoms with Gasteiger partial charge in [-0.1, -0.05) is 11.8 Å². The number of urea groups is 1. The molecule has 2 N–H and O–H groups in total. The maximum absolute atomic E-state index is 11.5. The Morgan fingerprint density at radius 3 is 3.06 bits per heavy atom. The molecular formula is C13H18N2O2S. The summed E-state index contributed by atoms with van der Waals surface area (Å²) in [6.07, 6.45) is 0.490. The summed E-state index contributed by atoms with van der Waals surface area (Å²) in [6, 6.07) is 1.91. The zero-order valence-corrected chi connectivity index (χ0v) is 11.5. The summed E-state index contributed by atoms with van der Waals surface area (Å²) < 4.78 is 0. The normalized spacial score (nSPS) is 9.50. The van der Waals surface area contributed by atoms with Crippen LogP contribution < -0.4 is 5.32 Å². The average molecular weight is 266 g/mol. The zero-order valence-electron chi connectivity index (χ0n) is 10.7. The number of nitrogens with zero attached hydrogens (tertiary/aromatic N) is 1. The van der Waals surface area contributed by atoms with E-state index in [0.29, 0.717) is 19.5 Å². The Kier molecular flexibility index (Phi) is 6.26. The first kappa shape index (κ1) is 14.6. The number of amides is 2. The van der Waals surface area contributed by atoms with Gasteiger partial charge < -0.3 is 15.3 Å². The van der Waals surface area contributed by atoms with Crippen molar-refractivity contribution in [1.82, 2.24) is 10.2 Å². The third-order valence-corrected chi connectivity index (χ3v) is 3.11. The molecule has 18 heavy (non-hydrogen) atoms. The summed E-state index contributed by atoms with van der Waals surface area (Å²) in [5, 5.41) is 13.3. The fourth-order valence-corrected chi connectivity index (χ4v) is 2.21. The molecule has 0 saturated carbocycles. The molecule has 0 bridgehead atoms. The summed E-state index contributed by atoms with van der Waals surface area (Å²) in [7, 11) is 1.77. The van der Waals surface area contributed by atoms with Gasteiger partial charge in [-0.05, 0) is 13.0 Å². The van der Waals surface area contributed by atoms with Gasteiger partial charge in [-0.2, -0.15) is 0 Å². The van der Waals surface area contributed by atoms with Crippen LogP contribution in [-0.2, 0) is 6.54 Å². The molecule has 1 rings (SSSR count). The SMILES string of the molecule is CCNC(=O)N(C)Cc1cc(C#CCCO)cs1. The second-order valence-electron chi connectivity index (χ2n) is 3.77. The first-order valence-electron chi connectivity index (χ1n) is 5.83. The van der Waals surface area contributed by atoms with E-state index in [0.717, 1.165) is 10.4 Å². The molecule has 0 aliphatic heterocycles. The van der Waals surface area contributed by atoms with Gasteiger partial charge >= 0.3 is 6.03 Å². The van der Waals surface area contributed by atoms with Crippen LogP contribution in [0.4, 0.5) is 4.79 Å². The summed E-state index contributed by atoms with van der Waals surface area (Å²) in [6.45, 7) is 3.19. The van der Waals surface area contributed by atoms with E-state index < -0.39 is 0 Å². The van der Waals surface area contributed by atoms with Gasteiger partial charge in [0, 0.05) is 35.8 Å². The lowest BCUT2D eigenvalue weighted by molar-refractivity contribution is 0.208. The van der Waals surface area contributed by atoms with Gasteiger partial charge in [0.1, 0.15) is 0 Å². The molecule has 98 valence electrons. The van der Waals surface area contributed by atoms with E-state index in [4.69, 9.17) is 5.11 Å². The van der Waals surface area contributed by atoms with Crippen molar-refractivity contribution in [1.29, 1.82) is 0 Å². The molecule has 0 aromatic carbocycles. The van der Waals surface area contributed by atoms with Crippen LogP contribution in [0.5, 0.6) is 0 Å². The van der Waals surface area contributed by atoms with E-state index in [1.165, 1.54) is 0 Å². The highest BCUT2D eigenvalue weighted by atomic mass is 32.1. The Bertz CT molecular complexity index is 445. The van der Waals surface area contributed by atoms with Crippen LogP contribution in [0.25, 0.3) is 0 Å². The maximum Gasteiger partial charge on any atom is 0.317 e. The fourth-order valence-electron chi connectivity index (χ4n) is 1.34. The lowest BCUT2D eigenvalue weighted by Crippen LogP contribution is -2.36. The molecule has 0 atom stereocenters. The molecule has 4 nitrogen and oxygen atoms in total. The lowest BCUT2D eigenvalue weighted by Gasteiger charge is -2.16. The second kappa shape index (κ2) is 7.75. The summed E-state index contributed by atoms with van der Waals surface area (Å²) >= 11 is 1.58. The van der Waals surface area contributed by atoms with Crippen molar-refractivity contribution in [3.63, 3.8) is 0 Å². The van der Waals surface area contributed by atoms with Crippen molar-refractivity contribution >= 4 is 17.4 Å². The van der Waals surface area contributed by atoms with Gasteiger partial charge in [0.2, 0.25) is 0 Å². The number of nitrogens with one attached hydrogen (secondary N) is 1. The molecule has 2 amide bonds. The number of thiophene rings is 1. The van der Waals surface area contributed by atoms with E-state index in [-0.39, 0.29) is 12.6 Å². The van der Waals surface area contributed by atoms with Crippen LogP contribution in [0, 0.1) is 11.8 Å². The molecule has 1 aromatic heterocycles. The zero-order chi connectivity index (χ0) is 13.4. The Hall–Kier alpha value is -1.51. The van der Waals surface area contributed by atoms with E-state index in [1.807, 2.05) is 18.4 Å². The molecule has 0 saturated heterocycles. The quantitative estimate of drug-likeness (QED) is 0.814. The molecule has 1 heterocycles. The molecule has 5 heteroatoms. The number of hydrogen-bond acceptors (Lipinski definition) is 3. The first-order chi connectivity index (χ1) is 8.67. The number of carbonyl (C=O) groups excluding carboxylic acids is 1. The van der Waals surface area contributed by atoms with Crippen molar-refractivity contribution in [3.05, 3.63) is 21.9 Å². The summed E-state index contributed by atoms with van der Waals surface area (Å²) in [5.41, 5.74) is 0.938. The number of hydrogen-bond donors (Lipinski definition) is 2. The average Bonchev–Trinajstić information content (AvgIpc) is 2.77. The molecule has 0 unspecified atom stereocenters. The van der Waals surface area contributed by atoms with Gasteiger partial charge in [0.05, 0.1) is 13.2 Å². The highest BCUT2D eigenvalue weighted by molar-refractivity contribution is 7.10.